The van der Waals surface area contributed by atoms with Crippen LogP contribution in [0.15, 0.2) is 60.8 Å². The summed E-state index contributed by atoms with van der Waals surface area (Å²) in [5.74, 6) is -1.34. The zero-order valence-electron chi connectivity index (χ0n) is 26.5. The van der Waals surface area contributed by atoms with Gasteiger partial charge in [0.15, 0.2) is 0 Å². The third-order valence-corrected chi connectivity index (χ3v) is 10.8. The Labute approximate surface area is 264 Å². The van der Waals surface area contributed by atoms with E-state index >= 15 is 0 Å². The topological polar surface area (TPSA) is 152 Å². The van der Waals surface area contributed by atoms with E-state index in [0.29, 0.717) is 5.92 Å². The maximum atomic E-state index is 14.1. The number of carboxylic acids is 1. The molecule has 0 spiro atoms. The number of urea groups is 1. The Morgan fingerprint density at radius 2 is 1.73 bits per heavy atom. The van der Waals surface area contributed by atoms with E-state index in [4.69, 9.17) is 5.11 Å². The number of para-hydroxylation sites is 1. The number of amides is 4. The van der Waals surface area contributed by atoms with Gasteiger partial charge in [-0.05, 0) is 60.1 Å². The number of aromatic amines is 1. The summed E-state index contributed by atoms with van der Waals surface area (Å²) >= 11 is 0. The molecule has 1 aromatic heterocycles. The van der Waals surface area contributed by atoms with Gasteiger partial charge in [0.2, 0.25) is 11.8 Å². The smallest absolute Gasteiger partial charge is 0.315 e. The van der Waals surface area contributed by atoms with E-state index in [0.717, 1.165) is 34.9 Å². The lowest BCUT2D eigenvalue weighted by atomic mass is 9.69. The summed E-state index contributed by atoms with van der Waals surface area (Å²) in [7, 11) is 0. The molecule has 10 heteroatoms. The number of H-pyrrole nitrogens is 1. The molecule has 5 rings (SSSR count). The lowest BCUT2D eigenvalue weighted by Gasteiger charge is -2.40. The monoisotopic (exact) mass is 615 g/mol. The third kappa shape index (κ3) is 6.55. The van der Waals surface area contributed by atoms with Gasteiger partial charge in [-0.15, -0.1) is 0 Å². The average Bonchev–Trinajstić information content (AvgIpc) is 3.57. The van der Waals surface area contributed by atoms with Crippen LogP contribution in [-0.2, 0) is 20.8 Å². The van der Waals surface area contributed by atoms with Crippen molar-refractivity contribution in [2.24, 2.45) is 16.7 Å². The van der Waals surface area contributed by atoms with Gasteiger partial charge in [-0.3, -0.25) is 14.4 Å². The molecule has 2 saturated carbocycles. The maximum absolute atomic E-state index is 14.1. The van der Waals surface area contributed by atoms with Crippen LogP contribution in [0, 0.1) is 16.7 Å². The van der Waals surface area contributed by atoms with Crippen LogP contribution in [-0.4, -0.2) is 52.0 Å². The number of hydrogen-bond donors (Lipinski definition) is 6. The highest BCUT2D eigenvalue weighted by atomic mass is 16.4. The van der Waals surface area contributed by atoms with Crippen molar-refractivity contribution in [2.45, 2.75) is 83.8 Å². The van der Waals surface area contributed by atoms with Gasteiger partial charge in [-0.1, -0.05) is 69.3 Å². The second kappa shape index (κ2) is 12.6. The molecule has 1 heterocycles. The Hall–Kier alpha value is -4.34. The van der Waals surface area contributed by atoms with E-state index in [1.165, 1.54) is 6.42 Å². The number of benzene rings is 2. The number of rotatable bonds is 12. The highest BCUT2D eigenvalue weighted by Crippen LogP contribution is 2.65. The van der Waals surface area contributed by atoms with Gasteiger partial charge in [0.05, 0.1) is 12.5 Å². The van der Waals surface area contributed by atoms with E-state index in [9.17, 15) is 19.2 Å². The SMILES string of the molecule is CC12CC[C@@H](CC1NC(=O)N[C@](C)(Cc1c[nH]c3ccccc13)C(=O)NC[C@@H](NC(=O)CCC(=O)O)c1ccccc1)C2(C)C. The number of hydrogen-bond acceptors (Lipinski definition) is 4. The first kappa shape index (κ1) is 32.1. The van der Waals surface area contributed by atoms with E-state index in [2.05, 4.69) is 47.0 Å². The van der Waals surface area contributed by atoms with E-state index in [1.807, 2.05) is 60.8 Å². The van der Waals surface area contributed by atoms with Gasteiger partial charge in [0.25, 0.3) is 0 Å². The van der Waals surface area contributed by atoms with Crippen molar-refractivity contribution in [3.8, 4) is 0 Å². The van der Waals surface area contributed by atoms with E-state index < -0.39 is 29.4 Å². The largest absolute Gasteiger partial charge is 0.481 e. The highest BCUT2D eigenvalue weighted by molar-refractivity contribution is 5.92. The van der Waals surface area contributed by atoms with Crippen LogP contribution < -0.4 is 21.3 Å². The van der Waals surface area contributed by atoms with Crippen LogP contribution >= 0.6 is 0 Å². The lowest BCUT2D eigenvalue weighted by Crippen LogP contribution is -2.62. The average molecular weight is 616 g/mol. The van der Waals surface area contributed by atoms with Crippen LogP contribution in [0.3, 0.4) is 0 Å². The number of carboxylic acid groups (broad SMARTS) is 1. The summed E-state index contributed by atoms with van der Waals surface area (Å²) in [4.78, 5) is 54.6. The minimum Gasteiger partial charge on any atom is -0.481 e. The Balaban J connectivity index is 1.35. The summed E-state index contributed by atoms with van der Waals surface area (Å²) in [5, 5.41) is 22.1. The summed E-state index contributed by atoms with van der Waals surface area (Å²) in [6.07, 6.45) is 4.77. The molecule has 2 unspecified atom stereocenters. The fraction of sp³-hybridized carbons (Fsp3) is 0.486. The second-order valence-electron chi connectivity index (χ2n) is 13.8. The van der Waals surface area contributed by atoms with Crippen LogP contribution in [0.5, 0.6) is 0 Å². The van der Waals surface area contributed by atoms with Gasteiger partial charge in [-0.2, -0.15) is 0 Å². The zero-order valence-corrected chi connectivity index (χ0v) is 26.5. The number of carbonyl (C=O) groups excluding carboxylic acids is 3. The Morgan fingerprint density at radius 1 is 1.02 bits per heavy atom. The molecule has 6 N–H and O–H groups in total. The molecule has 2 aliphatic carbocycles. The Kier molecular flexibility index (Phi) is 8.96. The summed E-state index contributed by atoms with van der Waals surface area (Å²) < 4.78 is 0. The van der Waals surface area contributed by atoms with Crippen molar-refractivity contribution in [1.29, 1.82) is 0 Å². The molecule has 2 aliphatic rings. The molecule has 10 nitrogen and oxygen atoms in total. The molecule has 0 saturated heterocycles. The molecule has 45 heavy (non-hydrogen) atoms. The normalized spacial score (nSPS) is 23.6. The van der Waals surface area contributed by atoms with E-state index in [1.54, 1.807) is 6.92 Å². The van der Waals surface area contributed by atoms with Crippen molar-refractivity contribution in [1.82, 2.24) is 26.3 Å². The number of fused-ring (bicyclic) bond motifs is 3. The van der Waals surface area contributed by atoms with Crippen molar-refractivity contribution >= 4 is 34.7 Å². The van der Waals surface area contributed by atoms with Crippen LogP contribution in [0.2, 0.25) is 0 Å². The van der Waals surface area contributed by atoms with Crippen molar-refractivity contribution in [3.05, 3.63) is 71.9 Å². The second-order valence-corrected chi connectivity index (χ2v) is 13.8. The van der Waals surface area contributed by atoms with Gasteiger partial charge in [-0.25, -0.2) is 4.79 Å². The van der Waals surface area contributed by atoms with Gasteiger partial charge < -0.3 is 31.4 Å². The van der Waals surface area contributed by atoms with Crippen LogP contribution in [0.4, 0.5) is 4.79 Å². The number of aromatic nitrogens is 1. The molecule has 4 amide bonds. The summed E-state index contributed by atoms with van der Waals surface area (Å²) in [6.45, 7) is 8.62. The summed E-state index contributed by atoms with van der Waals surface area (Å²) in [5.41, 5.74) is 1.35. The van der Waals surface area contributed by atoms with Crippen LogP contribution in [0.25, 0.3) is 10.9 Å². The lowest BCUT2D eigenvalue weighted by molar-refractivity contribution is -0.138. The molecular weight excluding hydrogens is 570 g/mol. The molecule has 3 aromatic rings. The van der Waals surface area contributed by atoms with E-state index in [-0.39, 0.29) is 48.7 Å². The first-order valence-corrected chi connectivity index (χ1v) is 15.8. The maximum Gasteiger partial charge on any atom is 0.315 e. The minimum absolute atomic E-state index is 0.00938. The zero-order chi connectivity index (χ0) is 32.4. The molecule has 0 aliphatic heterocycles. The minimum atomic E-state index is -1.34. The Bertz CT molecular complexity index is 1570. The number of carbonyl (C=O) groups is 4. The molecule has 2 aromatic carbocycles. The molecule has 2 fully saturated rings. The fourth-order valence-corrected chi connectivity index (χ4v) is 7.52. The van der Waals surface area contributed by atoms with Crippen molar-refractivity contribution < 1.29 is 24.3 Å². The van der Waals surface area contributed by atoms with Gasteiger partial charge in [0, 0.05) is 42.5 Å². The number of aliphatic carboxylic acids is 1. The third-order valence-electron chi connectivity index (χ3n) is 10.8. The fourth-order valence-electron chi connectivity index (χ4n) is 7.52. The predicted molar refractivity (Wildman–Crippen MR) is 172 cm³/mol. The van der Waals surface area contributed by atoms with Gasteiger partial charge >= 0.3 is 12.0 Å². The van der Waals surface area contributed by atoms with Crippen molar-refractivity contribution in [2.75, 3.05) is 6.54 Å². The first-order valence-electron chi connectivity index (χ1n) is 15.8. The van der Waals surface area contributed by atoms with Gasteiger partial charge in [0.1, 0.15) is 5.54 Å². The molecule has 240 valence electrons. The first-order chi connectivity index (χ1) is 21.3. The molecule has 0 radical (unpaired) electrons. The Morgan fingerprint density at radius 3 is 2.40 bits per heavy atom. The highest BCUT2D eigenvalue weighted by Gasteiger charge is 2.61. The molecule has 5 atom stereocenters. The van der Waals surface area contributed by atoms with Crippen molar-refractivity contribution in [3.63, 3.8) is 0 Å². The predicted octanol–water partition coefficient (Wildman–Crippen LogP) is 4.82. The van der Waals surface area contributed by atoms with Crippen LogP contribution in [0.1, 0.15) is 77.0 Å². The standard InChI is InChI=1S/C35H45N5O5/c1-33(2)24-16-17-34(33,3)28(18-24)39-32(45)40-35(4,19-23-20-36-26-13-9-8-12-25(23)26)31(44)37-21-27(22-10-6-5-7-11-22)38-29(41)14-15-30(42)43/h5-13,20,24,27-28,36H,14-19,21H2,1-4H3,(H,37,44)(H,38,41)(H,42,43)(H2,39,40,45)/t24-,27+,28?,34?,35+/m0/s1. The summed E-state index contributed by atoms with van der Waals surface area (Å²) in [6, 6.07) is 16.0. The number of nitrogens with one attached hydrogen (secondary N) is 5. The quantitative estimate of drug-likeness (QED) is 0.173. The molecular formula is C35H45N5O5. The molecule has 2 bridgehead atoms.